The first-order valence-electron chi connectivity index (χ1n) is 17.1. The molecule has 0 radical (unpaired) electrons. The van der Waals surface area contributed by atoms with Crippen LogP contribution >= 0.6 is 0 Å². The second-order valence-corrected chi connectivity index (χ2v) is 17.1. The second-order valence-electron chi connectivity index (χ2n) is 17.1. The van der Waals surface area contributed by atoms with Gasteiger partial charge in [0.2, 0.25) is 6.29 Å². The molecule has 0 unspecified atom stereocenters. The number of aliphatic hydroxyl groups excluding tert-OH is 6. The molecule has 1 saturated heterocycles. The van der Waals surface area contributed by atoms with Crippen molar-refractivity contribution in [2.24, 2.45) is 50.7 Å². The number of esters is 1. The highest BCUT2D eigenvalue weighted by Gasteiger charge is 2.72. The number of rotatable bonds is 3. The Bertz CT molecular complexity index is 1220. The average molecular weight is 637 g/mol. The third-order valence-corrected chi connectivity index (χ3v) is 15.2. The van der Waals surface area contributed by atoms with Crippen molar-refractivity contribution in [1.29, 1.82) is 0 Å². The molecule has 1 heterocycles. The quantitative estimate of drug-likeness (QED) is 0.179. The van der Waals surface area contributed by atoms with Crippen LogP contribution in [0.5, 0.6) is 0 Å². The van der Waals surface area contributed by atoms with Crippen LogP contribution in [0.2, 0.25) is 0 Å². The lowest BCUT2D eigenvalue weighted by molar-refractivity contribution is -0.274. The highest BCUT2D eigenvalue weighted by atomic mass is 16.7. The summed E-state index contributed by atoms with van der Waals surface area (Å²) in [6.07, 6.45) is -0.406. The van der Waals surface area contributed by atoms with Crippen LogP contribution in [0.15, 0.2) is 11.6 Å². The first-order valence-corrected chi connectivity index (χ1v) is 17.1. The van der Waals surface area contributed by atoms with Crippen molar-refractivity contribution in [3.05, 3.63) is 11.6 Å². The molecular formula is C35H56O10. The van der Waals surface area contributed by atoms with Crippen LogP contribution in [0.3, 0.4) is 0 Å². The fourth-order valence-electron chi connectivity index (χ4n) is 12.1. The maximum absolute atomic E-state index is 14.3. The van der Waals surface area contributed by atoms with Crippen LogP contribution in [0, 0.1) is 50.7 Å². The molecule has 45 heavy (non-hydrogen) atoms. The van der Waals surface area contributed by atoms with Crippen molar-refractivity contribution in [2.75, 3.05) is 13.2 Å². The molecule has 4 saturated carbocycles. The molecule has 6 rings (SSSR count). The number of hydrogen-bond donors (Lipinski definition) is 7. The van der Waals surface area contributed by atoms with E-state index in [1.807, 2.05) is 20.8 Å². The van der Waals surface area contributed by atoms with Gasteiger partial charge in [-0.2, -0.15) is 0 Å². The Labute approximate surface area is 266 Å². The van der Waals surface area contributed by atoms with E-state index in [4.69, 9.17) is 9.47 Å². The third-order valence-electron chi connectivity index (χ3n) is 15.2. The summed E-state index contributed by atoms with van der Waals surface area (Å²) < 4.78 is 11.3. The van der Waals surface area contributed by atoms with Gasteiger partial charge in [0.25, 0.3) is 0 Å². The van der Waals surface area contributed by atoms with Crippen molar-refractivity contribution >= 4 is 5.97 Å². The van der Waals surface area contributed by atoms with Gasteiger partial charge in [-0.05, 0) is 92.3 Å². The molecule has 5 fully saturated rings. The summed E-state index contributed by atoms with van der Waals surface area (Å²) in [5.41, 5.74) is -2.99. The SMILES string of the molecule is C[C@@H]1CC[C@]2(C(=O)O[C@@H]3OC[C@@H](O)[C@H](O)[C@H]3O)CC[C@]3(C)C(=CC[C@@H]4[C@@]5(C)C[C@@H](O)[C@H](O)[C@](C)(CO)[C@@H]5CC[C@]43C)[C@@H]2[C@]1(C)O. The molecule has 16 atom stereocenters. The monoisotopic (exact) mass is 636 g/mol. The van der Waals surface area contributed by atoms with Gasteiger partial charge >= 0.3 is 5.97 Å². The molecule has 0 aromatic rings. The summed E-state index contributed by atoms with van der Waals surface area (Å²) in [5.74, 6) is -1.01. The average Bonchev–Trinajstić information content (AvgIpc) is 2.98. The number of aliphatic hydroxyl groups is 7. The minimum Gasteiger partial charge on any atom is -0.432 e. The normalized spacial score (nSPS) is 57.8. The molecule has 0 bridgehead atoms. The van der Waals surface area contributed by atoms with E-state index in [2.05, 4.69) is 26.8 Å². The summed E-state index contributed by atoms with van der Waals surface area (Å²) in [6.45, 7) is 12.1. The van der Waals surface area contributed by atoms with E-state index in [1.54, 1.807) is 0 Å². The van der Waals surface area contributed by atoms with Crippen LogP contribution in [0.1, 0.15) is 92.9 Å². The number of hydrogen-bond acceptors (Lipinski definition) is 10. The summed E-state index contributed by atoms with van der Waals surface area (Å²) in [5, 5.41) is 75.8. The summed E-state index contributed by atoms with van der Waals surface area (Å²) >= 11 is 0. The zero-order chi connectivity index (χ0) is 33.1. The predicted octanol–water partition coefficient (Wildman–Crippen LogP) is 2.05. The van der Waals surface area contributed by atoms with Gasteiger partial charge in [-0.3, -0.25) is 4.79 Å². The fourth-order valence-corrected chi connectivity index (χ4v) is 12.1. The molecule has 7 N–H and O–H groups in total. The van der Waals surface area contributed by atoms with Gasteiger partial charge < -0.3 is 45.2 Å². The van der Waals surface area contributed by atoms with Crippen LogP contribution in [0.4, 0.5) is 0 Å². The lowest BCUT2D eigenvalue weighted by atomic mass is 9.33. The number of allylic oxidation sites excluding steroid dienone is 1. The maximum atomic E-state index is 14.3. The first-order chi connectivity index (χ1) is 20.8. The number of fused-ring (bicyclic) bond motifs is 7. The van der Waals surface area contributed by atoms with Crippen molar-refractivity contribution < 1.29 is 50.0 Å². The minimum absolute atomic E-state index is 0.0243. The van der Waals surface area contributed by atoms with E-state index in [0.29, 0.717) is 38.5 Å². The molecule has 0 amide bonds. The van der Waals surface area contributed by atoms with Crippen molar-refractivity contribution in [1.82, 2.24) is 0 Å². The third kappa shape index (κ3) is 4.32. The van der Waals surface area contributed by atoms with Crippen LogP contribution in [-0.2, 0) is 14.3 Å². The van der Waals surface area contributed by atoms with Gasteiger partial charge in [-0.15, -0.1) is 0 Å². The van der Waals surface area contributed by atoms with E-state index in [9.17, 15) is 40.5 Å². The summed E-state index contributed by atoms with van der Waals surface area (Å²) in [4.78, 5) is 14.3. The number of carbonyl (C=O) groups is 1. The van der Waals surface area contributed by atoms with Gasteiger partial charge in [-0.1, -0.05) is 46.3 Å². The van der Waals surface area contributed by atoms with Gasteiger partial charge in [0.05, 0.1) is 36.4 Å². The molecule has 1 aliphatic heterocycles. The molecular weight excluding hydrogens is 580 g/mol. The van der Waals surface area contributed by atoms with E-state index in [1.165, 1.54) is 0 Å². The summed E-state index contributed by atoms with van der Waals surface area (Å²) in [6, 6.07) is 0. The van der Waals surface area contributed by atoms with Gasteiger partial charge in [0, 0.05) is 11.3 Å². The molecule has 5 aliphatic carbocycles. The van der Waals surface area contributed by atoms with Crippen molar-refractivity contribution in [2.45, 2.75) is 135 Å². The van der Waals surface area contributed by atoms with Crippen molar-refractivity contribution in [3.8, 4) is 0 Å². The summed E-state index contributed by atoms with van der Waals surface area (Å²) in [7, 11) is 0. The molecule has 0 aromatic carbocycles. The van der Waals surface area contributed by atoms with Gasteiger partial charge in [0.1, 0.15) is 18.3 Å². The highest BCUT2D eigenvalue weighted by Crippen LogP contribution is 2.76. The van der Waals surface area contributed by atoms with Crippen molar-refractivity contribution in [3.63, 3.8) is 0 Å². The van der Waals surface area contributed by atoms with Gasteiger partial charge in [0.15, 0.2) is 0 Å². The Balaban J connectivity index is 1.40. The predicted molar refractivity (Wildman–Crippen MR) is 163 cm³/mol. The topological polar surface area (TPSA) is 177 Å². The largest absolute Gasteiger partial charge is 0.432 e. The van der Waals surface area contributed by atoms with Crippen LogP contribution < -0.4 is 0 Å². The fraction of sp³-hybridized carbons (Fsp3) is 0.914. The molecule has 10 heteroatoms. The Morgan fingerprint density at radius 2 is 1.62 bits per heavy atom. The molecule has 0 aromatic heterocycles. The first kappa shape index (κ1) is 33.8. The Morgan fingerprint density at radius 1 is 0.933 bits per heavy atom. The highest BCUT2D eigenvalue weighted by molar-refractivity contribution is 5.79. The van der Waals surface area contributed by atoms with E-state index < -0.39 is 65.1 Å². The zero-order valence-electron chi connectivity index (χ0n) is 27.8. The van der Waals surface area contributed by atoms with E-state index >= 15 is 0 Å². The number of ether oxygens (including phenoxy) is 2. The molecule has 0 spiro atoms. The van der Waals surface area contributed by atoms with E-state index in [0.717, 1.165) is 18.4 Å². The van der Waals surface area contributed by atoms with Gasteiger partial charge in [-0.25, -0.2) is 0 Å². The minimum atomic E-state index is -1.59. The Hall–Kier alpha value is -1.11. The lowest BCUT2D eigenvalue weighted by Gasteiger charge is -2.72. The Morgan fingerprint density at radius 3 is 2.29 bits per heavy atom. The molecule has 256 valence electrons. The standard InChI is InChI=1S/C35H56O10/c1-18-9-12-35(29(42)45-28-25(40)24(39)21(38)16-44-28)14-13-32(4)19(26(35)34(18,6)43)7-8-23-30(2)15-20(37)27(41)31(3,17-36)22(30)10-11-33(23,32)5/h7,18,20-28,36-41,43H,8-17H2,1-6H3/t18-,20-,21-,22-,23-,24+,25-,26-,27+,28+,30+,31-,32-,33-,34-,35+/m1/s1. The molecule has 10 nitrogen and oxygen atoms in total. The zero-order valence-corrected chi connectivity index (χ0v) is 27.8. The lowest BCUT2D eigenvalue weighted by Crippen LogP contribution is -2.69. The second kappa shape index (κ2) is 10.7. The van der Waals surface area contributed by atoms with E-state index in [-0.39, 0.29) is 47.2 Å². The van der Waals surface area contributed by atoms with Crippen LogP contribution in [0.25, 0.3) is 0 Å². The Kier molecular flexibility index (Phi) is 8.03. The maximum Gasteiger partial charge on any atom is 0.315 e. The van der Waals surface area contributed by atoms with Crippen LogP contribution in [-0.4, -0.2) is 97.3 Å². The molecule has 6 aliphatic rings. The smallest absolute Gasteiger partial charge is 0.315 e. The number of carbonyl (C=O) groups excluding carboxylic acids is 1.